The largest absolute Gasteiger partial charge is 0.316 e. The predicted molar refractivity (Wildman–Crippen MR) is 121 cm³/mol. The number of carbonyl (C=O) groups excluding carboxylic acids is 1. The third-order valence-corrected chi connectivity index (χ3v) is 7.27. The molecular weight excluding hydrogens is 414 g/mol. The fourth-order valence-electron chi connectivity index (χ4n) is 3.58. The number of nitrogens with one attached hydrogen (secondary N) is 2. The van der Waals surface area contributed by atoms with Crippen molar-refractivity contribution in [2.24, 2.45) is 0 Å². The number of rotatable bonds is 6. The summed E-state index contributed by atoms with van der Waals surface area (Å²) in [7, 11) is 0. The van der Waals surface area contributed by atoms with Crippen LogP contribution in [0.3, 0.4) is 0 Å². The number of aromatic amines is 1. The Hall–Kier alpha value is -2.63. The molecule has 0 atom stereocenters. The summed E-state index contributed by atoms with van der Waals surface area (Å²) in [5.41, 5.74) is 4.02. The molecule has 0 aliphatic heterocycles. The Morgan fingerprint density at radius 2 is 2.07 bits per heavy atom. The highest BCUT2D eigenvalue weighted by molar-refractivity contribution is 7.99. The molecule has 1 amide bonds. The fraction of sp³-hybridized carbons (Fsp3) is 0.364. The standard InChI is InChI=1S/C22H23N5OS2/c1-2-14-8-10-15(11-9-14)20-25-22(27-26-20)29-13-19(28)24-21-17(12-23)16-6-4-3-5-7-18(16)30-21/h8-11H,2-7,13H2,1H3,(H,24,28)(H,25,26,27). The summed E-state index contributed by atoms with van der Waals surface area (Å²) >= 11 is 2.83. The van der Waals surface area contributed by atoms with Gasteiger partial charge in [0.05, 0.1) is 11.3 Å². The molecule has 6 nitrogen and oxygen atoms in total. The van der Waals surface area contributed by atoms with Gasteiger partial charge in [0.15, 0.2) is 5.82 Å². The minimum Gasteiger partial charge on any atom is -0.316 e. The molecule has 3 aromatic rings. The number of fused-ring (bicyclic) bond motifs is 1. The van der Waals surface area contributed by atoms with Crippen LogP contribution in [0.1, 0.15) is 47.8 Å². The van der Waals surface area contributed by atoms with Crippen molar-refractivity contribution >= 4 is 34.0 Å². The highest BCUT2D eigenvalue weighted by atomic mass is 32.2. The van der Waals surface area contributed by atoms with E-state index < -0.39 is 0 Å². The highest BCUT2D eigenvalue weighted by Gasteiger charge is 2.21. The van der Waals surface area contributed by atoms with E-state index >= 15 is 0 Å². The molecule has 2 heterocycles. The van der Waals surface area contributed by atoms with E-state index in [4.69, 9.17) is 0 Å². The van der Waals surface area contributed by atoms with Crippen molar-refractivity contribution in [2.45, 2.75) is 50.6 Å². The summed E-state index contributed by atoms with van der Waals surface area (Å²) in [4.78, 5) is 18.2. The van der Waals surface area contributed by atoms with Gasteiger partial charge in [0.25, 0.3) is 0 Å². The number of amides is 1. The highest BCUT2D eigenvalue weighted by Crippen LogP contribution is 2.37. The van der Waals surface area contributed by atoms with E-state index in [2.05, 4.69) is 45.6 Å². The van der Waals surface area contributed by atoms with Crippen LogP contribution in [0.4, 0.5) is 5.00 Å². The van der Waals surface area contributed by atoms with Gasteiger partial charge >= 0.3 is 0 Å². The van der Waals surface area contributed by atoms with E-state index in [1.165, 1.54) is 28.6 Å². The van der Waals surface area contributed by atoms with E-state index in [9.17, 15) is 10.1 Å². The normalized spacial score (nSPS) is 13.3. The number of nitriles is 1. The SMILES string of the molecule is CCc1ccc(-c2nc(SCC(=O)Nc3sc4c(c3C#N)CCCCC4)n[nH]2)cc1. The Bertz CT molecular complexity index is 1080. The lowest BCUT2D eigenvalue weighted by atomic mass is 10.1. The van der Waals surface area contributed by atoms with E-state index in [0.29, 0.717) is 21.5 Å². The van der Waals surface area contributed by atoms with Crippen LogP contribution in [-0.2, 0) is 24.1 Å². The zero-order valence-electron chi connectivity index (χ0n) is 16.8. The number of carbonyl (C=O) groups is 1. The van der Waals surface area contributed by atoms with Gasteiger partial charge in [-0.3, -0.25) is 9.89 Å². The molecular formula is C22H23N5OS2. The second-order valence-corrected chi connectivity index (χ2v) is 9.28. The van der Waals surface area contributed by atoms with Gasteiger partial charge in [-0.1, -0.05) is 49.4 Å². The smallest absolute Gasteiger partial charge is 0.235 e. The molecule has 1 aliphatic rings. The summed E-state index contributed by atoms with van der Waals surface area (Å²) in [5, 5.41) is 20.9. The molecule has 0 spiro atoms. The maximum absolute atomic E-state index is 12.5. The molecule has 0 saturated carbocycles. The average Bonchev–Trinajstić information content (AvgIpc) is 3.30. The molecule has 30 heavy (non-hydrogen) atoms. The fourth-order valence-corrected chi connectivity index (χ4v) is 5.43. The first-order chi connectivity index (χ1) is 14.7. The second-order valence-electron chi connectivity index (χ2n) is 7.23. The minimum absolute atomic E-state index is 0.147. The second kappa shape index (κ2) is 9.45. The number of thioether (sulfide) groups is 1. The summed E-state index contributed by atoms with van der Waals surface area (Å²) < 4.78 is 0. The van der Waals surface area contributed by atoms with Crippen LogP contribution in [0, 0.1) is 11.3 Å². The lowest BCUT2D eigenvalue weighted by molar-refractivity contribution is -0.113. The molecule has 1 aromatic carbocycles. The van der Waals surface area contributed by atoms with Crippen LogP contribution in [0.2, 0.25) is 0 Å². The quantitative estimate of drug-likeness (QED) is 0.419. The summed E-state index contributed by atoms with van der Waals surface area (Å²) in [6, 6.07) is 10.5. The van der Waals surface area contributed by atoms with Crippen molar-refractivity contribution in [3.63, 3.8) is 0 Å². The van der Waals surface area contributed by atoms with E-state index in [0.717, 1.165) is 43.2 Å². The van der Waals surface area contributed by atoms with Crippen molar-refractivity contribution < 1.29 is 4.79 Å². The Kier molecular flexibility index (Phi) is 6.50. The van der Waals surface area contributed by atoms with Crippen molar-refractivity contribution in [3.05, 3.63) is 45.8 Å². The minimum atomic E-state index is -0.147. The Labute approximate surface area is 184 Å². The first kappa shape index (κ1) is 20.6. The third kappa shape index (κ3) is 4.58. The molecule has 2 N–H and O–H groups in total. The number of hydrogen-bond donors (Lipinski definition) is 2. The summed E-state index contributed by atoms with van der Waals surface area (Å²) in [5.74, 6) is 0.736. The maximum atomic E-state index is 12.5. The summed E-state index contributed by atoms with van der Waals surface area (Å²) in [6.07, 6.45) is 6.38. The number of aryl methyl sites for hydroxylation is 2. The van der Waals surface area contributed by atoms with Crippen LogP contribution >= 0.6 is 23.1 Å². The molecule has 4 rings (SSSR count). The molecule has 0 bridgehead atoms. The van der Waals surface area contributed by atoms with E-state index in [1.54, 1.807) is 11.3 Å². The number of anilines is 1. The Morgan fingerprint density at radius 1 is 1.27 bits per heavy atom. The van der Waals surface area contributed by atoms with Crippen molar-refractivity contribution in [3.8, 4) is 17.5 Å². The van der Waals surface area contributed by atoms with Crippen LogP contribution in [0.25, 0.3) is 11.4 Å². The van der Waals surface area contributed by atoms with Gasteiger partial charge in [0.1, 0.15) is 11.1 Å². The number of benzene rings is 1. The van der Waals surface area contributed by atoms with Gasteiger partial charge in [-0.25, -0.2) is 4.98 Å². The van der Waals surface area contributed by atoms with Gasteiger partial charge < -0.3 is 5.32 Å². The first-order valence-electron chi connectivity index (χ1n) is 10.2. The molecule has 2 aromatic heterocycles. The number of thiophene rings is 1. The van der Waals surface area contributed by atoms with Crippen LogP contribution in [0.15, 0.2) is 29.4 Å². The van der Waals surface area contributed by atoms with Gasteiger partial charge in [0.2, 0.25) is 11.1 Å². The van der Waals surface area contributed by atoms with Crippen molar-refractivity contribution in [2.75, 3.05) is 11.1 Å². The van der Waals surface area contributed by atoms with Gasteiger partial charge in [0, 0.05) is 10.4 Å². The van der Waals surface area contributed by atoms with Crippen molar-refractivity contribution in [1.82, 2.24) is 15.2 Å². The van der Waals surface area contributed by atoms with E-state index in [-0.39, 0.29) is 11.7 Å². The van der Waals surface area contributed by atoms with Gasteiger partial charge in [-0.2, -0.15) is 5.26 Å². The number of aromatic nitrogens is 3. The monoisotopic (exact) mass is 437 g/mol. The topological polar surface area (TPSA) is 94.5 Å². The molecule has 0 unspecified atom stereocenters. The average molecular weight is 438 g/mol. The molecule has 1 aliphatic carbocycles. The van der Waals surface area contributed by atoms with E-state index in [1.807, 2.05) is 12.1 Å². The van der Waals surface area contributed by atoms with Crippen LogP contribution in [-0.4, -0.2) is 26.8 Å². The number of nitrogens with zero attached hydrogens (tertiary/aromatic N) is 3. The maximum Gasteiger partial charge on any atom is 0.235 e. The zero-order valence-corrected chi connectivity index (χ0v) is 18.5. The third-order valence-electron chi connectivity index (χ3n) is 5.22. The number of H-pyrrole nitrogens is 1. The predicted octanol–water partition coefficient (Wildman–Crippen LogP) is 4.97. The molecule has 0 saturated heterocycles. The molecule has 0 radical (unpaired) electrons. The summed E-state index contributed by atoms with van der Waals surface area (Å²) in [6.45, 7) is 2.12. The lowest BCUT2D eigenvalue weighted by Gasteiger charge is -2.03. The Morgan fingerprint density at radius 3 is 2.83 bits per heavy atom. The van der Waals surface area contributed by atoms with Gasteiger partial charge in [-0.15, -0.1) is 16.4 Å². The van der Waals surface area contributed by atoms with Crippen LogP contribution < -0.4 is 5.32 Å². The zero-order chi connectivity index (χ0) is 20.9. The van der Waals surface area contributed by atoms with Crippen molar-refractivity contribution in [1.29, 1.82) is 5.26 Å². The molecule has 8 heteroatoms. The molecule has 154 valence electrons. The first-order valence-corrected chi connectivity index (χ1v) is 12.0. The van der Waals surface area contributed by atoms with Crippen LogP contribution in [0.5, 0.6) is 0 Å². The molecule has 0 fully saturated rings. The number of hydrogen-bond acceptors (Lipinski definition) is 6. The lowest BCUT2D eigenvalue weighted by Crippen LogP contribution is -2.14. The Balaban J connectivity index is 1.38. The van der Waals surface area contributed by atoms with Gasteiger partial charge in [-0.05, 0) is 43.2 Å².